The molecule has 1 N–H and O–H groups in total. The Morgan fingerprint density at radius 3 is 3.18 bits per heavy atom. The van der Waals surface area contributed by atoms with Gasteiger partial charge in [0.1, 0.15) is 5.52 Å². The van der Waals surface area contributed by atoms with Gasteiger partial charge in [0, 0.05) is 5.69 Å². The van der Waals surface area contributed by atoms with Gasteiger partial charge in [-0.2, -0.15) is 0 Å². The predicted octanol–water partition coefficient (Wildman–Crippen LogP) is 1.87. The molecule has 0 amide bonds. The molecule has 0 spiro atoms. The number of hydrogen-bond acceptors (Lipinski definition) is 2. The molecule has 0 radical (unpaired) electrons. The summed E-state index contributed by atoms with van der Waals surface area (Å²) < 4.78 is 0.907. The van der Waals surface area contributed by atoms with Crippen LogP contribution in [0, 0.1) is 10.8 Å². The Kier molecular flexibility index (Phi) is 1.56. The number of H-pyrrole nitrogens is 1. The Morgan fingerprint density at radius 1 is 1.55 bits per heavy atom. The van der Waals surface area contributed by atoms with Gasteiger partial charge in [-0.25, -0.2) is 4.98 Å². The summed E-state index contributed by atoms with van der Waals surface area (Å²) in [7, 11) is 0. The fraction of sp³-hybridized carbons (Fsp3) is 0.143. The second kappa shape index (κ2) is 2.44. The molecule has 0 atom stereocenters. The van der Waals surface area contributed by atoms with Crippen molar-refractivity contribution in [2.75, 3.05) is 0 Å². The van der Waals surface area contributed by atoms with E-state index in [4.69, 9.17) is 0 Å². The van der Waals surface area contributed by atoms with E-state index < -0.39 is 0 Å². The highest BCUT2D eigenvalue weighted by Gasteiger charge is 1.98. The lowest BCUT2D eigenvalue weighted by molar-refractivity contribution is 1.22. The summed E-state index contributed by atoms with van der Waals surface area (Å²) in [5.41, 5.74) is 3.00. The van der Waals surface area contributed by atoms with Crippen LogP contribution in [0.25, 0.3) is 11.0 Å². The average Bonchev–Trinajstić information content (AvgIpc) is 2.27. The van der Waals surface area contributed by atoms with Crippen LogP contribution in [0.1, 0.15) is 5.69 Å². The maximum atomic E-state index is 4.22. The van der Waals surface area contributed by atoms with Gasteiger partial charge < -0.3 is 4.98 Å². The van der Waals surface area contributed by atoms with Crippen LogP contribution in [0.15, 0.2) is 12.3 Å². The zero-order valence-corrected chi connectivity index (χ0v) is 8.08. The van der Waals surface area contributed by atoms with Gasteiger partial charge in [-0.05, 0) is 35.6 Å². The summed E-state index contributed by atoms with van der Waals surface area (Å²) in [5.74, 6) is 0. The maximum Gasteiger partial charge on any atom is 0.169 e. The first-order chi connectivity index (χ1) is 5.25. The molecule has 2 rings (SSSR count). The van der Waals surface area contributed by atoms with E-state index in [9.17, 15) is 0 Å². The standard InChI is InChI=1S/C7H6IN3/c1-4-2-5-6(3-9-4)11-7(8)10-5/h2-3H,1H3,(H,10,11). The van der Waals surface area contributed by atoms with Crippen LogP contribution in [-0.4, -0.2) is 15.0 Å². The summed E-state index contributed by atoms with van der Waals surface area (Å²) in [6.45, 7) is 1.97. The average molecular weight is 259 g/mol. The van der Waals surface area contributed by atoms with Crippen molar-refractivity contribution in [3.8, 4) is 0 Å². The lowest BCUT2D eigenvalue weighted by Crippen LogP contribution is -1.78. The van der Waals surface area contributed by atoms with Crippen molar-refractivity contribution in [2.24, 2.45) is 0 Å². The molecular weight excluding hydrogens is 253 g/mol. The third-order valence-corrected chi connectivity index (χ3v) is 1.99. The minimum Gasteiger partial charge on any atom is -0.333 e. The van der Waals surface area contributed by atoms with Crippen molar-refractivity contribution in [3.05, 3.63) is 21.8 Å². The first-order valence-corrected chi connectivity index (χ1v) is 4.31. The smallest absolute Gasteiger partial charge is 0.169 e. The highest BCUT2D eigenvalue weighted by molar-refractivity contribution is 14.1. The molecule has 0 aliphatic carbocycles. The highest BCUT2D eigenvalue weighted by atomic mass is 127. The van der Waals surface area contributed by atoms with Crippen LogP contribution in [-0.2, 0) is 0 Å². The second-order valence-electron chi connectivity index (χ2n) is 2.37. The number of fused-ring (bicyclic) bond motifs is 1. The number of hydrogen-bond donors (Lipinski definition) is 1. The number of aryl methyl sites for hydroxylation is 1. The fourth-order valence-electron chi connectivity index (χ4n) is 0.987. The van der Waals surface area contributed by atoms with Crippen LogP contribution >= 0.6 is 22.6 Å². The van der Waals surface area contributed by atoms with Gasteiger partial charge in [-0.15, -0.1) is 0 Å². The number of nitrogens with one attached hydrogen (secondary N) is 1. The lowest BCUT2D eigenvalue weighted by Gasteiger charge is -1.88. The van der Waals surface area contributed by atoms with Crippen molar-refractivity contribution in [1.29, 1.82) is 0 Å². The minimum atomic E-state index is 0.907. The number of nitrogens with zero attached hydrogens (tertiary/aromatic N) is 2. The van der Waals surface area contributed by atoms with Crippen molar-refractivity contribution in [1.82, 2.24) is 15.0 Å². The Morgan fingerprint density at radius 2 is 2.36 bits per heavy atom. The molecule has 3 nitrogen and oxygen atoms in total. The Balaban J connectivity index is 2.82. The van der Waals surface area contributed by atoms with Gasteiger partial charge in [-0.1, -0.05) is 0 Å². The third-order valence-electron chi connectivity index (χ3n) is 1.48. The van der Waals surface area contributed by atoms with E-state index >= 15 is 0 Å². The SMILES string of the molecule is Cc1cc2[nH]c(I)nc2cn1. The summed E-state index contributed by atoms with van der Waals surface area (Å²) in [4.78, 5) is 11.5. The summed E-state index contributed by atoms with van der Waals surface area (Å²) in [5, 5.41) is 0. The van der Waals surface area contributed by atoms with Crippen molar-refractivity contribution < 1.29 is 0 Å². The molecule has 4 heteroatoms. The molecule has 11 heavy (non-hydrogen) atoms. The molecule has 2 aromatic rings. The molecule has 0 unspecified atom stereocenters. The molecular formula is C7H6IN3. The zero-order valence-electron chi connectivity index (χ0n) is 5.93. The normalized spacial score (nSPS) is 10.7. The molecule has 56 valence electrons. The molecule has 0 bridgehead atoms. The van der Waals surface area contributed by atoms with E-state index in [0.717, 1.165) is 20.6 Å². The third kappa shape index (κ3) is 1.22. The van der Waals surface area contributed by atoms with Crippen LogP contribution in [0.4, 0.5) is 0 Å². The minimum absolute atomic E-state index is 0.907. The predicted molar refractivity (Wildman–Crippen MR) is 51.3 cm³/mol. The van der Waals surface area contributed by atoms with Gasteiger partial charge in [0.2, 0.25) is 0 Å². The van der Waals surface area contributed by atoms with Gasteiger partial charge in [0.25, 0.3) is 0 Å². The molecule has 0 aliphatic rings. The first kappa shape index (κ1) is 7.02. The van der Waals surface area contributed by atoms with E-state index in [-0.39, 0.29) is 0 Å². The van der Waals surface area contributed by atoms with Crippen LogP contribution < -0.4 is 0 Å². The molecule has 0 aliphatic heterocycles. The Hall–Kier alpha value is -0.650. The Bertz CT molecular complexity index is 393. The first-order valence-electron chi connectivity index (χ1n) is 3.23. The number of rotatable bonds is 0. The van der Waals surface area contributed by atoms with E-state index in [1.165, 1.54) is 0 Å². The van der Waals surface area contributed by atoms with Crippen molar-refractivity contribution >= 4 is 33.6 Å². The summed E-state index contributed by atoms with van der Waals surface area (Å²) in [6.07, 6.45) is 1.78. The van der Waals surface area contributed by atoms with Gasteiger partial charge >= 0.3 is 0 Å². The quantitative estimate of drug-likeness (QED) is 0.734. The molecule has 0 saturated heterocycles. The number of pyridine rings is 1. The molecule has 0 saturated carbocycles. The maximum absolute atomic E-state index is 4.22. The van der Waals surface area contributed by atoms with E-state index in [1.807, 2.05) is 13.0 Å². The van der Waals surface area contributed by atoms with Crippen LogP contribution in [0.3, 0.4) is 0 Å². The number of aromatic amines is 1. The largest absolute Gasteiger partial charge is 0.333 e. The van der Waals surface area contributed by atoms with E-state index in [2.05, 4.69) is 37.5 Å². The van der Waals surface area contributed by atoms with Gasteiger partial charge in [-0.3, -0.25) is 4.98 Å². The summed E-state index contributed by atoms with van der Waals surface area (Å²) >= 11 is 2.15. The molecule has 2 aromatic heterocycles. The lowest BCUT2D eigenvalue weighted by atomic mass is 10.3. The number of aromatic nitrogens is 3. The van der Waals surface area contributed by atoms with Gasteiger partial charge in [0.15, 0.2) is 3.83 Å². The monoisotopic (exact) mass is 259 g/mol. The second-order valence-corrected chi connectivity index (χ2v) is 3.39. The van der Waals surface area contributed by atoms with Crippen LogP contribution in [0.5, 0.6) is 0 Å². The van der Waals surface area contributed by atoms with Gasteiger partial charge in [0.05, 0.1) is 11.7 Å². The van der Waals surface area contributed by atoms with Crippen molar-refractivity contribution in [3.63, 3.8) is 0 Å². The molecule has 2 heterocycles. The van der Waals surface area contributed by atoms with Crippen LogP contribution in [0.2, 0.25) is 0 Å². The number of halogens is 1. The van der Waals surface area contributed by atoms with E-state index in [0.29, 0.717) is 0 Å². The summed E-state index contributed by atoms with van der Waals surface area (Å²) in [6, 6.07) is 1.99. The van der Waals surface area contributed by atoms with Crippen molar-refractivity contribution in [2.45, 2.75) is 6.92 Å². The Labute approximate surface area is 77.4 Å². The van der Waals surface area contributed by atoms with E-state index in [1.54, 1.807) is 6.20 Å². The topological polar surface area (TPSA) is 41.6 Å². The molecule has 0 aromatic carbocycles. The number of imidazole rings is 1. The molecule has 0 fully saturated rings. The fourth-order valence-corrected chi connectivity index (χ4v) is 1.54. The highest BCUT2D eigenvalue weighted by Crippen LogP contribution is 2.11. The zero-order chi connectivity index (χ0) is 7.84.